The molecule has 1 aromatic carbocycles. The molecule has 0 saturated heterocycles. The molecule has 0 atom stereocenters. The molecule has 1 amide bonds. The van der Waals surface area contributed by atoms with Gasteiger partial charge in [0.25, 0.3) is 5.91 Å². The second kappa shape index (κ2) is 4.36. The summed E-state index contributed by atoms with van der Waals surface area (Å²) in [6.07, 6.45) is 3.23. The predicted octanol–water partition coefficient (Wildman–Crippen LogP) is 1.86. The van der Waals surface area contributed by atoms with Gasteiger partial charge in [0.05, 0.1) is 16.5 Å². The van der Waals surface area contributed by atoms with E-state index in [0.717, 1.165) is 10.2 Å². The van der Waals surface area contributed by atoms with E-state index in [1.807, 2.05) is 19.2 Å². The standard InChI is InChI=1S/C12H11N5OS/c1-17-5-9(14-6-17)11(18)16-12-15-8-3-2-7(13)4-10(8)19-12/h2-6H,13H2,1H3,(H,15,16,18). The summed E-state index contributed by atoms with van der Waals surface area (Å²) >= 11 is 1.38. The highest BCUT2D eigenvalue weighted by atomic mass is 32.1. The maximum Gasteiger partial charge on any atom is 0.277 e. The van der Waals surface area contributed by atoms with Gasteiger partial charge in [-0.15, -0.1) is 0 Å². The Kier molecular flexibility index (Phi) is 2.68. The van der Waals surface area contributed by atoms with Crippen molar-refractivity contribution in [3.05, 3.63) is 36.4 Å². The summed E-state index contributed by atoms with van der Waals surface area (Å²) in [5.41, 5.74) is 7.56. The highest BCUT2D eigenvalue weighted by Crippen LogP contribution is 2.27. The molecule has 0 aliphatic carbocycles. The summed E-state index contributed by atoms with van der Waals surface area (Å²) in [5, 5.41) is 3.27. The van der Waals surface area contributed by atoms with Crippen molar-refractivity contribution >= 4 is 38.3 Å². The summed E-state index contributed by atoms with van der Waals surface area (Å²) in [7, 11) is 1.81. The second-order valence-electron chi connectivity index (χ2n) is 4.12. The van der Waals surface area contributed by atoms with E-state index < -0.39 is 0 Å². The van der Waals surface area contributed by atoms with Gasteiger partial charge in [0.2, 0.25) is 0 Å². The van der Waals surface area contributed by atoms with E-state index in [1.165, 1.54) is 11.3 Å². The Labute approximate surface area is 112 Å². The molecule has 2 heterocycles. The molecule has 19 heavy (non-hydrogen) atoms. The average Bonchev–Trinajstić information content (AvgIpc) is 2.94. The number of hydrogen-bond acceptors (Lipinski definition) is 5. The van der Waals surface area contributed by atoms with E-state index >= 15 is 0 Å². The maximum absolute atomic E-state index is 11.9. The fraction of sp³-hybridized carbons (Fsp3) is 0.0833. The summed E-state index contributed by atoms with van der Waals surface area (Å²) in [5.74, 6) is -0.271. The first-order valence-corrected chi connectivity index (χ1v) is 6.39. The molecule has 0 unspecified atom stereocenters. The predicted molar refractivity (Wildman–Crippen MR) is 75.2 cm³/mol. The molecule has 0 spiro atoms. The number of imidazole rings is 1. The fourth-order valence-electron chi connectivity index (χ4n) is 1.69. The number of carbonyl (C=O) groups excluding carboxylic acids is 1. The lowest BCUT2D eigenvalue weighted by atomic mass is 10.3. The van der Waals surface area contributed by atoms with Gasteiger partial charge < -0.3 is 10.3 Å². The van der Waals surface area contributed by atoms with Crippen LogP contribution in [0.25, 0.3) is 10.2 Å². The van der Waals surface area contributed by atoms with Crippen molar-refractivity contribution in [1.82, 2.24) is 14.5 Å². The summed E-state index contributed by atoms with van der Waals surface area (Å²) in [6, 6.07) is 5.45. The van der Waals surface area contributed by atoms with Crippen molar-refractivity contribution in [2.24, 2.45) is 7.05 Å². The van der Waals surface area contributed by atoms with Gasteiger partial charge in [-0.1, -0.05) is 11.3 Å². The molecule has 7 heteroatoms. The van der Waals surface area contributed by atoms with Crippen LogP contribution in [-0.4, -0.2) is 20.4 Å². The lowest BCUT2D eigenvalue weighted by Crippen LogP contribution is -2.11. The molecular formula is C12H11N5OS. The molecule has 2 aromatic heterocycles. The largest absolute Gasteiger partial charge is 0.399 e. The number of fused-ring (bicyclic) bond motifs is 1. The van der Waals surface area contributed by atoms with Gasteiger partial charge in [-0.2, -0.15) is 0 Å². The summed E-state index contributed by atoms with van der Waals surface area (Å²) in [4.78, 5) is 20.2. The van der Waals surface area contributed by atoms with Crippen molar-refractivity contribution in [3.8, 4) is 0 Å². The quantitative estimate of drug-likeness (QED) is 0.698. The Balaban J connectivity index is 1.87. The number of nitrogens with zero attached hydrogens (tertiary/aromatic N) is 3. The van der Waals surface area contributed by atoms with E-state index in [4.69, 9.17) is 5.73 Å². The zero-order valence-corrected chi connectivity index (χ0v) is 10.9. The fourth-order valence-corrected chi connectivity index (χ4v) is 2.60. The Morgan fingerprint density at radius 3 is 3.05 bits per heavy atom. The van der Waals surface area contributed by atoms with Crippen molar-refractivity contribution in [1.29, 1.82) is 0 Å². The minimum Gasteiger partial charge on any atom is -0.399 e. The molecular weight excluding hydrogens is 262 g/mol. The first-order chi connectivity index (χ1) is 9.11. The number of carbonyl (C=O) groups is 1. The number of hydrogen-bond donors (Lipinski definition) is 2. The van der Waals surface area contributed by atoms with Crippen LogP contribution in [0.1, 0.15) is 10.5 Å². The average molecular weight is 273 g/mol. The topological polar surface area (TPSA) is 85.8 Å². The molecule has 0 aliphatic rings. The van der Waals surface area contributed by atoms with Crippen molar-refractivity contribution in [2.45, 2.75) is 0 Å². The third-order valence-electron chi connectivity index (χ3n) is 2.57. The Hall–Kier alpha value is -2.41. The minimum atomic E-state index is -0.271. The Bertz CT molecular complexity index is 760. The third kappa shape index (κ3) is 2.27. The molecule has 96 valence electrons. The number of rotatable bonds is 2. The summed E-state index contributed by atoms with van der Waals surface area (Å²) in [6.45, 7) is 0. The van der Waals surface area contributed by atoms with E-state index in [2.05, 4.69) is 15.3 Å². The number of benzene rings is 1. The number of amides is 1. The minimum absolute atomic E-state index is 0.271. The normalized spacial score (nSPS) is 10.8. The maximum atomic E-state index is 11.9. The van der Waals surface area contributed by atoms with E-state index in [9.17, 15) is 4.79 Å². The molecule has 0 saturated carbocycles. The number of nitrogen functional groups attached to an aromatic ring is 1. The molecule has 3 rings (SSSR count). The molecule has 0 fully saturated rings. The van der Waals surface area contributed by atoms with Crippen LogP contribution in [0.5, 0.6) is 0 Å². The molecule has 3 N–H and O–H groups in total. The van der Waals surface area contributed by atoms with Crippen LogP contribution < -0.4 is 11.1 Å². The van der Waals surface area contributed by atoms with Crippen LogP contribution in [-0.2, 0) is 7.05 Å². The number of nitrogens with one attached hydrogen (secondary N) is 1. The SMILES string of the molecule is Cn1cnc(C(=O)Nc2nc3ccc(N)cc3s2)c1. The third-order valence-corrected chi connectivity index (χ3v) is 3.50. The zero-order valence-electron chi connectivity index (χ0n) is 10.1. The first kappa shape index (κ1) is 11.7. The Morgan fingerprint density at radius 2 is 2.32 bits per heavy atom. The molecule has 6 nitrogen and oxygen atoms in total. The van der Waals surface area contributed by atoms with E-state index in [0.29, 0.717) is 16.5 Å². The first-order valence-electron chi connectivity index (χ1n) is 5.57. The second-order valence-corrected chi connectivity index (χ2v) is 5.16. The number of anilines is 2. The van der Waals surface area contributed by atoms with Crippen LogP contribution in [0, 0.1) is 0 Å². The lowest BCUT2D eigenvalue weighted by molar-refractivity contribution is 0.102. The number of nitrogens with two attached hydrogens (primary N) is 1. The van der Waals surface area contributed by atoms with Gasteiger partial charge in [-0.05, 0) is 18.2 Å². The highest BCUT2D eigenvalue weighted by Gasteiger charge is 2.12. The highest BCUT2D eigenvalue weighted by molar-refractivity contribution is 7.22. The van der Waals surface area contributed by atoms with Crippen molar-refractivity contribution in [3.63, 3.8) is 0 Å². The Morgan fingerprint density at radius 1 is 1.47 bits per heavy atom. The van der Waals surface area contributed by atoms with Crippen LogP contribution in [0.4, 0.5) is 10.8 Å². The number of aromatic nitrogens is 3. The van der Waals surface area contributed by atoms with Crippen LogP contribution in [0.3, 0.4) is 0 Å². The van der Waals surface area contributed by atoms with Crippen molar-refractivity contribution < 1.29 is 4.79 Å². The van der Waals surface area contributed by atoms with Gasteiger partial charge >= 0.3 is 0 Å². The molecule has 0 aliphatic heterocycles. The van der Waals surface area contributed by atoms with Crippen LogP contribution in [0.15, 0.2) is 30.7 Å². The van der Waals surface area contributed by atoms with Crippen LogP contribution >= 0.6 is 11.3 Å². The van der Waals surface area contributed by atoms with E-state index in [-0.39, 0.29) is 5.91 Å². The summed E-state index contributed by atoms with van der Waals surface area (Å²) < 4.78 is 2.66. The molecule has 3 aromatic rings. The zero-order chi connectivity index (χ0) is 13.4. The lowest BCUT2D eigenvalue weighted by Gasteiger charge is -1.96. The van der Waals surface area contributed by atoms with Gasteiger partial charge in [-0.25, -0.2) is 9.97 Å². The van der Waals surface area contributed by atoms with Gasteiger partial charge in [0, 0.05) is 18.9 Å². The smallest absolute Gasteiger partial charge is 0.277 e. The van der Waals surface area contributed by atoms with Gasteiger partial charge in [-0.3, -0.25) is 10.1 Å². The number of thiazole rings is 1. The van der Waals surface area contributed by atoms with Crippen molar-refractivity contribution in [2.75, 3.05) is 11.1 Å². The number of aryl methyl sites for hydroxylation is 1. The monoisotopic (exact) mass is 273 g/mol. The molecule has 0 radical (unpaired) electrons. The van der Waals surface area contributed by atoms with Gasteiger partial charge in [0.1, 0.15) is 5.69 Å². The van der Waals surface area contributed by atoms with Gasteiger partial charge in [0.15, 0.2) is 5.13 Å². The molecule has 0 bridgehead atoms. The van der Waals surface area contributed by atoms with E-state index in [1.54, 1.807) is 23.2 Å². The van der Waals surface area contributed by atoms with Crippen LogP contribution in [0.2, 0.25) is 0 Å².